The molecule has 21 heavy (non-hydrogen) atoms. The summed E-state index contributed by atoms with van der Waals surface area (Å²) >= 11 is 3.37. The van der Waals surface area contributed by atoms with Crippen LogP contribution in [0.2, 0.25) is 0 Å². The number of thioether (sulfide) groups is 1. The van der Waals surface area contributed by atoms with Crippen molar-refractivity contribution in [2.45, 2.75) is 11.8 Å². The maximum atomic E-state index is 4.56. The monoisotopic (exact) mass is 314 g/mol. The Bertz CT molecular complexity index is 723. The van der Waals surface area contributed by atoms with E-state index in [1.54, 1.807) is 41.7 Å². The molecule has 3 rings (SSSR count). The Kier molecular flexibility index (Phi) is 4.17. The highest BCUT2D eigenvalue weighted by molar-refractivity contribution is 7.98. The number of hydrogen-bond acceptors (Lipinski definition) is 6. The van der Waals surface area contributed by atoms with Gasteiger partial charge in [0.15, 0.2) is 10.9 Å². The summed E-state index contributed by atoms with van der Waals surface area (Å²) in [7, 11) is 0. The van der Waals surface area contributed by atoms with E-state index in [2.05, 4.69) is 50.8 Å². The number of hydrogen-bond donors (Lipinski definition) is 1. The summed E-state index contributed by atoms with van der Waals surface area (Å²) in [4.78, 5) is 15.2. The number of nitrogens with one attached hydrogen (secondary N) is 1. The normalized spacial score (nSPS) is 10.6. The summed E-state index contributed by atoms with van der Waals surface area (Å²) < 4.78 is 0. The molecule has 4 nitrogen and oxygen atoms in total. The van der Waals surface area contributed by atoms with E-state index >= 15 is 0 Å². The summed E-state index contributed by atoms with van der Waals surface area (Å²) in [5.41, 5.74) is 2.21. The molecule has 3 aromatic rings. The van der Waals surface area contributed by atoms with Gasteiger partial charge in [-0.3, -0.25) is 4.98 Å². The van der Waals surface area contributed by atoms with Crippen molar-refractivity contribution < 1.29 is 0 Å². The van der Waals surface area contributed by atoms with Crippen LogP contribution in [0.15, 0.2) is 47.8 Å². The first-order valence-corrected chi connectivity index (χ1v) is 8.45. The predicted molar refractivity (Wildman–Crippen MR) is 89.4 cm³/mol. The molecule has 0 saturated carbocycles. The van der Waals surface area contributed by atoms with Crippen molar-refractivity contribution >= 4 is 34.0 Å². The van der Waals surface area contributed by atoms with Crippen molar-refractivity contribution in [1.82, 2.24) is 15.0 Å². The molecule has 0 atom stereocenters. The minimum atomic E-state index is 0.704. The summed E-state index contributed by atoms with van der Waals surface area (Å²) in [5.74, 6) is 0.704. The molecule has 0 saturated heterocycles. The van der Waals surface area contributed by atoms with E-state index in [-0.39, 0.29) is 0 Å². The molecule has 1 aromatic carbocycles. The number of benzene rings is 1. The number of anilines is 2. The Labute approximate surface area is 131 Å². The van der Waals surface area contributed by atoms with Gasteiger partial charge < -0.3 is 5.32 Å². The zero-order valence-electron chi connectivity index (χ0n) is 11.7. The summed E-state index contributed by atoms with van der Waals surface area (Å²) in [6.07, 6.45) is 7.07. The summed E-state index contributed by atoms with van der Waals surface area (Å²) in [5, 5.41) is 4.02. The minimum absolute atomic E-state index is 0.704. The van der Waals surface area contributed by atoms with E-state index in [4.69, 9.17) is 0 Å². The average Bonchev–Trinajstić information content (AvgIpc) is 2.89. The molecule has 106 valence electrons. The van der Waals surface area contributed by atoms with E-state index in [1.807, 2.05) is 6.92 Å². The Hall–Kier alpha value is -1.92. The Morgan fingerprint density at radius 2 is 1.95 bits per heavy atom. The first-order valence-electron chi connectivity index (χ1n) is 6.41. The maximum absolute atomic E-state index is 4.56. The van der Waals surface area contributed by atoms with Crippen molar-refractivity contribution in [3.8, 4) is 10.4 Å². The molecule has 0 fully saturated rings. The fraction of sp³-hybridized carbons (Fsp3) is 0.133. The number of thiazole rings is 1. The molecule has 0 amide bonds. The summed E-state index contributed by atoms with van der Waals surface area (Å²) in [6.45, 7) is 2.02. The van der Waals surface area contributed by atoms with Crippen LogP contribution in [0.3, 0.4) is 0 Å². The van der Waals surface area contributed by atoms with E-state index in [9.17, 15) is 0 Å². The van der Waals surface area contributed by atoms with Crippen LogP contribution < -0.4 is 5.32 Å². The smallest absolute Gasteiger partial charge is 0.189 e. The molecule has 6 heteroatoms. The van der Waals surface area contributed by atoms with Crippen LogP contribution in [0.1, 0.15) is 5.69 Å². The summed E-state index contributed by atoms with van der Waals surface area (Å²) in [6, 6.07) is 8.54. The molecular formula is C15H14N4S2. The highest BCUT2D eigenvalue weighted by Crippen LogP contribution is 2.34. The van der Waals surface area contributed by atoms with Gasteiger partial charge in [0.05, 0.1) is 16.8 Å². The lowest BCUT2D eigenvalue weighted by Crippen LogP contribution is -1.92. The van der Waals surface area contributed by atoms with Gasteiger partial charge >= 0.3 is 0 Å². The quantitative estimate of drug-likeness (QED) is 0.724. The first kappa shape index (κ1) is 14.0. The molecule has 0 unspecified atom stereocenters. The molecule has 2 heterocycles. The van der Waals surface area contributed by atoms with Gasteiger partial charge in [0.1, 0.15) is 0 Å². The van der Waals surface area contributed by atoms with Crippen molar-refractivity contribution in [3.05, 3.63) is 48.5 Å². The van der Waals surface area contributed by atoms with Gasteiger partial charge in [-0.2, -0.15) is 0 Å². The topological polar surface area (TPSA) is 50.7 Å². The second-order valence-electron chi connectivity index (χ2n) is 4.38. The van der Waals surface area contributed by atoms with Crippen LogP contribution in [0.4, 0.5) is 10.9 Å². The number of nitrogens with zero attached hydrogens (tertiary/aromatic N) is 3. The zero-order chi connectivity index (χ0) is 14.7. The van der Waals surface area contributed by atoms with Crippen molar-refractivity contribution in [2.24, 2.45) is 0 Å². The third-order valence-electron chi connectivity index (χ3n) is 2.95. The van der Waals surface area contributed by atoms with Gasteiger partial charge in [0, 0.05) is 17.3 Å². The van der Waals surface area contributed by atoms with Crippen LogP contribution in [-0.2, 0) is 0 Å². The zero-order valence-corrected chi connectivity index (χ0v) is 13.3. The predicted octanol–water partition coefficient (Wildman–Crippen LogP) is 4.37. The minimum Gasteiger partial charge on any atom is -0.315 e. The van der Waals surface area contributed by atoms with E-state index < -0.39 is 0 Å². The molecule has 2 aromatic heterocycles. The molecular weight excluding hydrogens is 300 g/mol. The maximum Gasteiger partial charge on any atom is 0.189 e. The first-order chi connectivity index (χ1) is 10.3. The standard InChI is InChI=1S/C15H14N4S2/c1-10-14(11-3-5-12(20-2)6-4-11)21-15(18-10)19-13-9-16-7-8-17-13/h3-9H,1-2H3,(H,17,18,19). The molecule has 0 radical (unpaired) electrons. The highest BCUT2D eigenvalue weighted by Gasteiger charge is 2.10. The van der Waals surface area contributed by atoms with Crippen LogP contribution in [-0.4, -0.2) is 21.2 Å². The van der Waals surface area contributed by atoms with Crippen LogP contribution in [0, 0.1) is 6.92 Å². The number of aromatic nitrogens is 3. The van der Waals surface area contributed by atoms with Crippen LogP contribution in [0.25, 0.3) is 10.4 Å². The number of aryl methyl sites for hydroxylation is 1. The van der Waals surface area contributed by atoms with Gasteiger partial charge in [-0.1, -0.05) is 23.5 Å². The van der Waals surface area contributed by atoms with Crippen LogP contribution in [0.5, 0.6) is 0 Å². The van der Waals surface area contributed by atoms with Gasteiger partial charge in [-0.05, 0) is 30.9 Å². The average molecular weight is 314 g/mol. The SMILES string of the molecule is CSc1ccc(-c2sc(Nc3cnccn3)nc2C)cc1. The van der Waals surface area contributed by atoms with E-state index in [0.29, 0.717) is 5.82 Å². The fourth-order valence-corrected chi connectivity index (χ4v) is 3.32. The fourth-order valence-electron chi connectivity index (χ4n) is 1.93. The molecule has 0 aliphatic heterocycles. The lowest BCUT2D eigenvalue weighted by molar-refractivity contribution is 1.18. The van der Waals surface area contributed by atoms with Crippen molar-refractivity contribution in [1.29, 1.82) is 0 Å². The van der Waals surface area contributed by atoms with Gasteiger partial charge in [-0.25, -0.2) is 9.97 Å². The van der Waals surface area contributed by atoms with Crippen molar-refractivity contribution in [2.75, 3.05) is 11.6 Å². The molecule has 0 bridgehead atoms. The lowest BCUT2D eigenvalue weighted by atomic mass is 10.2. The number of rotatable bonds is 4. The molecule has 0 aliphatic rings. The van der Waals surface area contributed by atoms with E-state index in [0.717, 1.165) is 10.8 Å². The van der Waals surface area contributed by atoms with E-state index in [1.165, 1.54) is 15.3 Å². The third kappa shape index (κ3) is 3.22. The van der Waals surface area contributed by atoms with Gasteiger partial charge in [0.2, 0.25) is 0 Å². The third-order valence-corrected chi connectivity index (χ3v) is 4.81. The van der Waals surface area contributed by atoms with Gasteiger partial charge in [-0.15, -0.1) is 11.8 Å². The Morgan fingerprint density at radius 3 is 2.62 bits per heavy atom. The molecule has 1 N–H and O–H groups in total. The Balaban J connectivity index is 1.86. The van der Waals surface area contributed by atoms with Gasteiger partial charge in [0.25, 0.3) is 0 Å². The Morgan fingerprint density at radius 1 is 1.14 bits per heavy atom. The second-order valence-corrected chi connectivity index (χ2v) is 6.26. The largest absolute Gasteiger partial charge is 0.315 e. The molecule has 0 aliphatic carbocycles. The van der Waals surface area contributed by atoms with Crippen LogP contribution >= 0.6 is 23.1 Å². The second kappa shape index (κ2) is 6.24. The molecule has 0 spiro atoms. The van der Waals surface area contributed by atoms with Crippen molar-refractivity contribution in [3.63, 3.8) is 0 Å². The highest BCUT2D eigenvalue weighted by atomic mass is 32.2. The lowest BCUT2D eigenvalue weighted by Gasteiger charge is -2.00.